The molecule has 0 aliphatic rings. The van der Waals surface area contributed by atoms with E-state index in [0.717, 1.165) is 15.6 Å². The number of hydrogen-bond acceptors (Lipinski definition) is 4. The van der Waals surface area contributed by atoms with Crippen molar-refractivity contribution in [3.63, 3.8) is 0 Å². The SMILES string of the molecule is NCc1ccc(Oc2ccnc3cc(Br)cnc23)c(Cl)c1. The summed E-state index contributed by atoms with van der Waals surface area (Å²) in [6.07, 6.45) is 3.38. The van der Waals surface area contributed by atoms with Gasteiger partial charge < -0.3 is 10.5 Å². The van der Waals surface area contributed by atoms with Gasteiger partial charge in [-0.15, -0.1) is 0 Å². The minimum absolute atomic E-state index is 0.438. The molecule has 2 N–H and O–H groups in total. The third-order valence-corrected chi connectivity index (χ3v) is 3.69. The number of hydrogen-bond donors (Lipinski definition) is 1. The number of rotatable bonds is 3. The molecule has 2 heterocycles. The average Bonchev–Trinajstić information content (AvgIpc) is 2.49. The van der Waals surface area contributed by atoms with Gasteiger partial charge in [-0.25, -0.2) is 4.98 Å². The monoisotopic (exact) mass is 363 g/mol. The molecule has 0 aliphatic carbocycles. The first-order valence-corrected chi connectivity index (χ1v) is 7.41. The molecule has 0 fully saturated rings. The second-order valence-corrected chi connectivity index (χ2v) is 5.72. The Bertz CT molecular complexity index is 810. The van der Waals surface area contributed by atoms with Gasteiger partial charge in [-0.3, -0.25) is 4.98 Å². The van der Waals surface area contributed by atoms with Crippen molar-refractivity contribution < 1.29 is 4.74 Å². The van der Waals surface area contributed by atoms with Crippen LogP contribution >= 0.6 is 27.5 Å². The van der Waals surface area contributed by atoms with Gasteiger partial charge in [-0.2, -0.15) is 0 Å². The van der Waals surface area contributed by atoms with Gasteiger partial charge in [0.05, 0.1) is 10.5 Å². The van der Waals surface area contributed by atoms with E-state index >= 15 is 0 Å². The highest BCUT2D eigenvalue weighted by molar-refractivity contribution is 9.10. The van der Waals surface area contributed by atoms with Crippen LogP contribution in [0.4, 0.5) is 0 Å². The minimum Gasteiger partial charge on any atom is -0.453 e. The summed E-state index contributed by atoms with van der Waals surface area (Å²) < 4.78 is 6.74. The molecule has 6 heteroatoms. The van der Waals surface area contributed by atoms with Crippen molar-refractivity contribution in [3.05, 3.63) is 57.8 Å². The zero-order valence-electron chi connectivity index (χ0n) is 10.9. The number of halogens is 2. The second-order valence-electron chi connectivity index (χ2n) is 4.40. The fourth-order valence-electron chi connectivity index (χ4n) is 1.94. The molecule has 106 valence electrons. The van der Waals surface area contributed by atoms with Crippen molar-refractivity contribution in [2.45, 2.75) is 6.54 Å². The summed E-state index contributed by atoms with van der Waals surface area (Å²) in [5, 5.41) is 0.514. The van der Waals surface area contributed by atoms with Crippen LogP contribution in [0.25, 0.3) is 11.0 Å². The van der Waals surface area contributed by atoms with Gasteiger partial charge in [0.25, 0.3) is 0 Å². The zero-order valence-corrected chi connectivity index (χ0v) is 13.2. The van der Waals surface area contributed by atoms with Crippen molar-refractivity contribution in [2.75, 3.05) is 0 Å². The van der Waals surface area contributed by atoms with Crippen LogP contribution in [-0.2, 0) is 6.54 Å². The lowest BCUT2D eigenvalue weighted by molar-refractivity contribution is 0.486. The van der Waals surface area contributed by atoms with Gasteiger partial charge in [-0.1, -0.05) is 17.7 Å². The van der Waals surface area contributed by atoms with Crippen molar-refractivity contribution >= 4 is 38.6 Å². The van der Waals surface area contributed by atoms with Crippen LogP contribution in [0.2, 0.25) is 5.02 Å². The summed E-state index contributed by atoms with van der Waals surface area (Å²) in [5.41, 5.74) is 7.97. The van der Waals surface area contributed by atoms with Crippen molar-refractivity contribution in [2.24, 2.45) is 5.73 Å². The highest BCUT2D eigenvalue weighted by Gasteiger charge is 2.09. The van der Waals surface area contributed by atoms with Crippen LogP contribution in [0.15, 0.2) is 47.2 Å². The van der Waals surface area contributed by atoms with E-state index in [1.807, 2.05) is 12.1 Å². The number of nitrogens with two attached hydrogens (primary N) is 1. The summed E-state index contributed by atoms with van der Waals surface area (Å²) in [7, 11) is 0. The molecule has 3 rings (SSSR count). The first-order valence-electron chi connectivity index (χ1n) is 6.24. The molecule has 0 saturated heterocycles. The molecular formula is C15H11BrClN3O. The first-order chi connectivity index (χ1) is 10.2. The molecule has 0 atom stereocenters. The molecule has 0 bridgehead atoms. The third-order valence-electron chi connectivity index (χ3n) is 2.96. The highest BCUT2D eigenvalue weighted by atomic mass is 79.9. The number of fused-ring (bicyclic) bond motifs is 1. The largest absolute Gasteiger partial charge is 0.453 e. The molecule has 0 amide bonds. The van der Waals surface area contributed by atoms with Crippen LogP contribution in [-0.4, -0.2) is 9.97 Å². The van der Waals surface area contributed by atoms with Crippen LogP contribution in [0, 0.1) is 0 Å². The molecule has 0 radical (unpaired) electrons. The van der Waals surface area contributed by atoms with Crippen LogP contribution in [0.1, 0.15) is 5.56 Å². The fourth-order valence-corrected chi connectivity index (χ4v) is 2.50. The van der Waals surface area contributed by atoms with Gasteiger partial charge in [0.15, 0.2) is 5.75 Å². The number of aromatic nitrogens is 2. The molecule has 0 saturated carbocycles. The summed E-state index contributed by atoms with van der Waals surface area (Å²) in [6, 6.07) is 9.12. The van der Waals surface area contributed by atoms with E-state index in [0.29, 0.717) is 28.6 Å². The second kappa shape index (κ2) is 5.97. The zero-order chi connectivity index (χ0) is 14.8. The van der Waals surface area contributed by atoms with Gasteiger partial charge >= 0.3 is 0 Å². The maximum Gasteiger partial charge on any atom is 0.156 e. The minimum atomic E-state index is 0.438. The summed E-state index contributed by atoms with van der Waals surface area (Å²) in [4.78, 5) is 8.61. The summed E-state index contributed by atoms with van der Waals surface area (Å²) in [6.45, 7) is 0.438. The molecule has 0 unspecified atom stereocenters. The fraction of sp³-hybridized carbons (Fsp3) is 0.0667. The van der Waals surface area contributed by atoms with Gasteiger partial charge in [0.1, 0.15) is 11.3 Å². The Kier molecular flexibility index (Phi) is 4.05. The number of pyridine rings is 2. The van der Waals surface area contributed by atoms with Crippen molar-refractivity contribution in [1.29, 1.82) is 0 Å². The maximum absolute atomic E-state index is 6.21. The average molecular weight is 365 g/mol. The van der Waals surface area contributed by atoms with E-state index in [9.17, 15) is 0 Å². The van der Waals surface area contributed by atoms with E-state index in [4.69, 9.17) is 22.1 Å². The van der Waals surface area contributed by atoms with Gasteiger partial charge in [-0.05, 0) is 39.7 Å². The van der Waals surface area contributed by atoms with Crippen LogP contribution in [0.5, 0.6) is 11.5 Å². The van der Waals surface area contributed by atoms with Crippen LogP contribution < -0.4 is 10.5 Å². The Hall–Kier alpha value is -1.69. The Morgan fingerprint density at radius 1 is 1.14 bits per heavy atom. The van der Waals surface area contributed by atoms with Gasteiger partial charge in [0.2, 0.25) is 0 Å². The molecule has 2 aromatic heterocycles. The van der Waals surface area contributed by atoms with Crippen LogP contribution in [0.3, 0.4) is 0 Å². The molecule has 21 heavy (non-hydrogen) atoms. The summed E-state index contributed by atoms with van der Waals surface area (Å²) >= 11 is 9.59. The van der Waals surface area contributed by atoms with Gasteiger partial charge in [0, 0.05) is 29.5 Å². The lowest BCUT2D eigenvalue weighted by atomic mass is 10.2. The Balaban J connectivity index is 2.02. The lowest BCUT2D eigenvalue weighted by Crippen LogP contribution is -1.96. The molecule has 0 aliphatic heterocycles. The Labute approximate surface area is 135 Å². The standard InChI is InChI=1S/C15H11BrClN3O/c16-10-6-12-15(20-8-10)14(3-4-19-12)21-13-2-1-9(7-18)5-11(13)17/h1-6,8H,7,18H2. The van der Waals surface area contributed by atoms with E-state index in [-0.39, 0.29) is 0 Å². The maximum atomic E-state index is 6.21. The Morgan fingerprint density at radius 3 is 2.76 bits per heavy atom. The van der Waals surface area contributed by atoms with E-state index < -0.39 is 0 Å². The lowest BCUT2D eigenvalue weighted by Gasteiger charge is -2.10. The van der Waals surface area contributed by atoms with Crippen molar-refractivity contribution in [3.8, 4) is 11.5 Å². The van der Waals surface area contributed by atoms with Crippen molar-refractivity contribution in [1.82, 2.24) is 9.97 Å². The molecule has 4 nitrogen and oxygen atoms in total. The normalized spacial score (nSPS) is 10.8. The molecule has 1 aromatic carbocycles. The Morgan fingerprint density at radius 2 is 2.00 bits per heavy atom. The highest BCUT2D eigenvalue weighted by Crippen LogP contribution is 2.33. The predicted octanol–water partition coefficient (Wildman–Crippen LogP) is 4.30. The quantitative estimate of drug-likeness (QED) is 0.753. The molecular weight excluding hydrogens is 354 g/mol. The predicted molar refractivity (Wildman–Crippen MR) is 86.7 cm³/mol. The van der Waals surface area contributed by atoms with E-state index in [1.165, 1.54) is 0 Å². The number of ether oxygens (including phenoxy) is 1. The smallest absolute Gasteiger partial charge is 0.156 e. The van der Waals surface area contributed by atoms with E-state index in [1.54, 1.807) is 30.6 Å². The number of nitrogens with zero attached hydrogens (tertiary/aromatic N) is 2. The number of benzene rings is 1. The van der Waals surface area contributed by atoms with E-state index in [2.05, 4.69) is 25.9 Å². The molecule has 0 spiro atoms. The summed E-state index contributed by atoms with van der Waals surface area (Å²) in [5.74, 6) is 1.17. The third kappa shape index (κ3) is 3.00. The topological polar surface area (TPSA) is 61.0 Å². The molecule has 3 aromatic rings. The first kappa shape index (κ1) is 14.3.